The first kappa shape index (κ1) is 19.5. The lowest BCUT2D eigenvalue weighted by Crippen LogP contribution is -2.50. The number of aromatic nitrogens is 1. The number of carbonyl (C=O) groups is 2. The number of aryl methyl sites for hydroxylation is 1. The maximum Gasteiger partial charge on any atom is 0.273 e. The van der Waals surface area contributed by atoms with Crippen molar-refractivity contribution < 1.29 is 19.4 Å². The molecule has 0 spiro atoms. The Morgan fingerprint density at radius 3 is 2.93 bits per heavy atom. The van der Waals surface area contributed by atoms with E-state index in [0.29, 0.717) is 31.1 Å². The van der Waals surface area contributed by atoms with Crippen LogP contribution in [-0.2, 0) is 16.1 Å². The van der Waals surface area contributed by atoms with Gasteiger partial charge in [0.15, 0.2) is 0 Å². The van der Waals surface area contributed by atoms with Crippen LogP contribution < -0.4 is 5.32 Å². The molecule has 2 heterocycles. The van der Waals surface area contributed by atoms with Crippen LogP contribution in [0.15, 0.2) is 23.6 Å². The first-order chi connectivity index (χ1) is 13.0. The number of benzene rings is 1. The van der Waals surface area contributed by atoms with Gasteiger partial charge in [-0.05, 0) is 31.0 Å². The first-order valence-corrected chi connectivity index (χ1v) is 9.67. The third-order valence-corrected chi connectivity index (χ3v) is 5.41. The molecule has 2 aromatic rings. The van der Waals surface area contributed by atoms with Gasteiger partial charge in [0.1, 0.15) is 5.69 Å². The first-order valence-electron chi connectivity index (χ1n) is 8.79. The van der Waals surface area contributed by atoms with Crippen molar-refractivity contribution >= 4 is 28.8 Å². The summed E-state index contributed by atoms with van der Waals surface area (Å²) in [6.45, 7) is 4.83. The molecule has 7 nitrogen and oxygen atoms in total. The molecular weight excluding hydrogens is 366 g/mol. The molecule has 1 saturated heterocycles. The Morgan fingerprint density at radius 1 is 1.41 bits per heavy atom. The highest BCUT2D eigenvalue weighted by Crippen LogP contribution is 2.21. The van der Waals surface area contributed by atoms with Crippen molar-refractivity contribution in [2.75, 3.05) is 25.1 Å². The molecule has 2 N–H and O–H groups in total. The number of nitrogens with zero attached hydrogens (tertiary/aromatic N) is 2. The molecule has 1 aromatic carbocycles. The van der Waals surface area contributed by atoms with Gasteiger partial charge in [-0.2, -0.15) is 0 Å². The van der Waals surface area contributed by atoms with Gasteiger partial charge in [0.05, 0.1) is 30.9 Å². The van der Waals surface area contributed by atoms with Crippen LogP contribution in [-0.4, -0.2) is 52.6 Å². The Hall–Kier alpha value is -2.29. The van der Waals surface area contributed by atoms with E-state index in [-0.39, 0.29) is 30.9 Å². The molecule has 1 aliphatic rings. The number of hydrogen-bond acceptors (Lipinski definition) is 6. The van der Waals surface area contributed by atoms with Crippen molar-refractivity contribution in [2.45, 2.75) is 32.9 Å². The van der Waals surface area contributed by atoms with Crippen LogP contribution in [0.4, 0.5) is 5.69 Å². The highest BCUT2D eigenvalue weighted by atomic mass is 32.1. The molecule has 2 amide bonds. The number of morpholine rings is 1. The number of nitrogens with one attached hydrogen (secondary N) is 1. The molecule has 1 fully saturated rings. The van der Waals surface area contributed by atoms with Gasteiger partial charge in [0.25, 0.3) is 5.91 Å². The number of amides is 2. The molecule has 0 radical (unpaired) electrons. The van der Waals surface area contributed by atoms with Gasteiger partial charge in [-0.25, -0.2) is 4.98 Å². The van der Waals surface area contributed by atoms with E-state index in [1.807, 2.05) is 19.9 Å². The van der Waals surface area contributed by atoms with E-state index in [0.717, 1.165) is 16.1 Å². The Bertz CT molecular complexity index is 836. The molecule has 144 valence electrons. The molecule has 0 bridgehead atoms. The topological polar surface area (TPSA) is 91.8 Å². The highest BCUT2D eigenvalue weighted by Gasteiger charge is 2.31. The molecule has 27 heavy (non-hydrogen) atoms. The maximum absolute atomic E-state index is 12.8. The zero-order valence-corrected chi connectivity index (χ0v) is 16.2. The number of thiazole rings is 1. The number of hydrogen-bond donors (Lipinski definition) is 2. The minimum Gasteiger partial charge on any atom is -0.392 e. The summed E-state index contributed by atoms with van der Waals surface area (Å²) in [5.41, 5.74) is 2.68. The van der Waals surface area contributed by atoms with Crippen molar-refractivity contribution in [2.24, 2.45) is 0 Å². The summed E-state index contributed by atoms with van der Waals surface area (Å²) < 4.78 is 5.49. The van der Waals surface area contributed by atoms with E-state index in [9.17, 15) is 14.7 Å². The Morgan fingerprint density at radius 2 is 2.22 bits per heavy atom. The summed E-state index contributed by atoms with van der Waals surface area (Å²) in [5.74, 6) is -0.366. The monoisotopic (exact) mass is 389 g/mol. The van der Waals surface area contributed by atoms with Gasteiger partial charge in [0.2, 0.25) is 5.91 Å². The molecular formula is C19H23N3O4S. The molecule has 0 saturated carbocycles. The molecule has 1 atom stereocenters. The Balaban J connectivity index is 1.69. The molecule has 3 rings (SSSR count). The summed E-state index contributed by atoms with van der Waals surface area (Å²) in [6, 6.07) is 5.06. The van der Waals surface area contributed by atoms with Gasteiger partial charge < -0.3 is 20.1 Å². The number of aliphatic hydroxyl groups excluding tert-OH is 1. The van der Waals surface area contributed by atoms with Gasteiger partial charge in [0, 0.05) is 24.0 Å². The minimum absolute atomic E-state index is 0.0820. The second-order valence-corrected chi connectivity index (χ2v) is 7.54. The lowest BCUT2D eigenvalue weighted by Gasteiger charge is -2.35. The summed E-state index contributed by atoms with van der Waals surface area (Å²) in [5, 5.41) is 14.8. The predicted octanol–water partition coefficient (Wildman–Crippen LogP) is 2.12. The normalized spacial score (nSPS) is 17.0. The fourth-order valence-electron chi connectivity index (χ4n) is 3.11. The van der Waals surface area contributed by atoms with Crippen LogP contribution in [0.3, 0.4) is 0 Å². The van der Waals surface area contributed by atoms with Crippen molar-refractivity contribution in [1.82, 2.24) is 9.88 Å². The quantitative estimate of drug-likeness (QED) is 0.817. The average molecular weight is 389 g/mol. The largest absolute Gasteiger partial charge is 0.392 e. The maximum atomic E-state index is 12.8. The van der Waals surface area contributed by atoms with Crippen molar-refractivity contribution in [1.29, 1.82) is 0 Å². The average Bonchev–Trinajstić information content (AvgIpc) is 3.10. The zero-order valence-electron chi connectivity index (χ0n) is 15.4. The van der Waals surface area contributed by atoms with Gasteiger partial charge in [-0.1, -0.05) is 12.1 Å². The summed E-state index contributed by atoms with van der Waals surface area (Å²) in [4.78, 5) is 31.3. The molecule has 8 heteroatoms. The Kier molecular flexibility index (Phi) is 6.20. The Labute approximate surface area is 162 Å². The van der Waals surface area contributed by atoms with Crippen molar-refractivity contribution in [3.63, 3.8) is 0 Å². The minimum atomic E-state index is -0.338. The number of rotatable bonds is 5. The summed E-state index contributed by atoms with van der Waals surface area (Å²) in [7, 11) is 0. The third kappa shape index (κ3) is 4.52. The van der Waals surface area contributed by atoms with Crippen LogP contribution in [0, 0.1) is 13.8 Å². The van der Waals surface area contributed by atoms with E-state index >= 15 is 0 Å². The van der Waals surface area contributed by atoms with Crippen molar-refractivity contribution in [3.8, 4) is 0 Å². The molecule has 1 aromatic heterocycles. The van der Waals surface area contributed by atoms with Crippen molar-refractivity contribution in [3.05, 3.63) is 45.4 Å². The van der Waals surface area contributed by atoms with E-state index < -0.39 is 0 Å². The number of anilines is 1. The lowest BCUT2D eigenvalue weighted by molar-refractivity contribution is -0.118. The van der Waals surface area contributed by atoms with Gasteiger partial charge in [-0.15, -0.1) is 11.3 Å². The van der Waals surface area contributed by atoms with E-state index in [1.165, 1.54) is 11.3 Å². The van der Waals surface area contributed by atoms with Crippen LogP contribution in [0.25, 0.3) is 0 Å². The SMILES string of the molecule is Cc1nc(C(=O)N2CCOC[C@@H]2CC(=O)Nc2cccc(CO)c2C)cs1. The van der Waals surface area contributed by atoms with Crippen LogP contribution in [0.1, 0.15) is 33.0 Å². The summed E-state index contributed by atoms with van der Waals surface area (Å²) in [6.07, 6.45) is 0.137. The van der Waals surface area contributed by atoms with Gasteiger partial charge in [-0.3, -0.25) is 9.59 Å². The van der Waals surface area contributed by atoms with Gasteiger partial charge >= 0.3 is 0 Å². The van der Waals surface area contributed by atoms with E-state index in [1.54, 1.807) is 22.4 Å². The lowest BCUT2D eigenvalue weighted by atomic mass is 10.1. The van der Waals surface area contributed by atoms with Crippen LogP contribution >= 0.6 is 11.3 Å². The standard InChI is InChI=1S/C19H23N3O4S/c1-12-14(9-23)4-3-5-16(12)21-18(24)8-15-10-26-7-6-22(15)19(25)17-11-27-13(2)20-17/h3-5,11,15,23H,6-10H2,1-2H3,(H,21,24)/t15-/m0/s1. The van der Waals surface area contributed by atoms with Crippen LogP contribution in [0.5, 0.6) is 0 Å². The second-order valence-electron chi connectivity index (χ2n) is 6.48. The van der Waals surface area contributed by atoms with Crippen LogP contribution in [0.2, 0.25) is 0 Å². The molecule has 0 unspecified atom stereocenters. The smallest absolute Gasteiger partial charge is 0.273 e. The number of aliphatic hydroxyl groups is 1. The molecule has 1 aliphatic heterocycles. The highest BCUT2D eigenvalue weighted by molar-refractivity contribution is 7.09. The fraction of sp³-hybridized carbons (Fsp3) is 0.421. The van der Waals surface area contributed by atoms with E-state index in [2.05, 4.69) is 10.3 Å². The number of carbonyl (C=O) groups excluding carboxylic acids is 2. The summed E-state index contributed by atoms with van der Waals surface area (Å²) >= 11 is 1.43. The molecule has 0 aliphatic carbocycles. The van der Waals surface area contributed by atoms with E-state index in [4.69, 9.17) is 4.74 Å². The zero-order chi connectivity index (χ0) is 19.4. The third-order valence-electron chi connectivity index (χ3n) is 4.64. The predicted molar refractivity (Wildman–Crippen MR) is 103 cm³/mol. The second kappa shape index (κ2) is 8.60. The fourth-order valence-corrected chi connectivity index (χ4v) is 3.69. The number of ether oxygens (including phenoxy) is 1.